The van der Waals surface area contributed by atoms with E-state index in [-0.39, 0.29) is 16.2 Å². The highest BCUT2D eigenvalue weighted by atomic mass is 35.7. The summed E-state index contributed by atoms with van der Waals surface area (Å²) in [5, 5.41) is 9.24. The van der Waals surface area contributed by atoms with E-state index in [4.69, 9.17) is 10.7 Å². The summed E-state index contributed by atoms with van der Waals surface area (Å²) in [5.41, 5.74) is 1.13. The second-order valence-electron chi connectivity index (χ2n) is 4.20. The second kappa shape index (κ2) is 5.55. The molecule has 2 aromatic heterocycles. The quantitative estimate of drug-likeness (QED) is 0.839. The lowest BCUT2D eigenvalue weighted by Gasteiger charge is -2.11. The van der Waals surface area contributed by atoms with Crippen LogP contribution < -0.4 is 5.32 Å². The SMILES string of the molecule is Cc1[nH]ncc1C(=O)NC(C)c1ccc(S(=O)(=O)Cl)s1. The zero-order valence-electron chi connectivity index (χ0n) is 10.7. The zero-order chi connectivity index (χ0) is 14.9. The van der Waals surface area contributed by atoms with E-state index in [1.807, 2.05) is 0 Å². The van der Waals surface area contributed by atoms with E-state index in [2.05, 4.69) is 15.5 Å². The van der Waals surface area contributed by atoms with Crippen LogP contribution in [0.15, 0.2) is 22.5 Å². The smallest absolute Gasteiger partial charge is 0.270 e. The van der Waals surface area contributed by atoms with Crippen LogP contribution in [0.3, 0.4) is 0 Å². The molecule has 2 N–H and O–H groups in total. The van der Waals surface area contributed by atoms with Crippen molar-refractivity contribution < 1.29 is 13.2 Å². The minimum absolute atomic E-state index is 0.0646. The Bertz CT molecular complexity index is 736. The standard InChI is InChI=1S/C11H12ClN3O3S2/c1-6-8(5-13-15-6)11(16)14-7(2)9-3-4-10(19-9)20(12,17)18/h3-5,7H,1-2H3,(H,13,15)(H,14,16). The molecule has 108 valence electrons. The topological polar surface area (TPSA) is 91.9 Å². The Balaban J connectivity index is 2.13. The lowest BCUT2D eigenvalue weighted by Crippen LogP contribution is -2.26. The average Bonchev–Trinajstić information content (AvgIpc) is 2.95. The van der Waals surface area contributed by atoms with Crippen LogP contribution in [-0.2, 0) is 9.05 Å². The van der Waals surface area contributed by atoms with Gasteiger partial charge in [-0.1, -0.05) is 0 Å². The molecule has 0 saturated heterocycles. The number of thiophene rings is 1. The Morgan fingerprint density at radius 3 is 2.70 bits per heavy atom. The fraction of sp³-hybridized carbons (Fsp3) is 0.273. The summed E-state index contributed by atoms with van der Waals surface area (Å²) >= 11 is 1.03. The zero-order valence-corrected chi connectivity index (χ0v) is 13.1. The maximum atomic E-state index is 12.0. The molecule has 20 heavy (non-hydrogen) atoms. The molecule has 6 nitrogen and oxygen atoms in total. The molecule has 0 spiro atoms. The third kappa shape index (κ3) is 3.20. The molecule has 1 unspecified atom stereocenters. The molecule has 2 heterocycles. The first-order valence-corrected chi connectivity index (χ1v) is 8.77. The number of aromatic nitrogens is 2. The van der Waals surface area contributed by atoms with Gasteiger partial charge in [-0.3, -0.25) is 9.89 Å². The molecule has 1 atom stereocenters. The molecular formula is C11H12ClN3O3S2. The minimum Gasteiger partial charge on any atom is -0.345 e. The number of rotatable bonds is 4. The number of carbonyl (C=O) groups excluding carboxylic acids is 1. The molecule has 0 aliphatic heterocycles. The van der Waals surface area contributed by atoms with Crippen molar-refractivity contribution in [3.8, 4) is 0 Å². The van der Waals surface area contributed by atoms with Crippen molar-refractivity contribution in [3.05, 3.63) is 34.5 Å². The number of aryl methyl sites for hydroxylation is 1. The summed E-state index contributed by atoms with van der Waals surface area (Å²) in [6.45, 7) is 3.51. The van der Waals surface area contributed by atoms with E-state index in [0.717, 1.165) is 11.3 Å². The molecular weight excluding hydrogens is 322 g/mol. The summed E-state index contributed by atoms with van der Waals surface area (Å²) in [4.78, 5) is 12.7. The van der Waals surface area contributed by atoms with Gasteiger partial charge < -0.3 is 5.32 Å². The minimum atomic E-state index is -3.73. The first-order valence-electron chi connectivity index (χ1n) is 5.64. The van der Waals surface area contributed by atoms with Gasteiger partial charge in [-0.15, -0.1) is 11.3 Å². The highest BCUT2D eigenvalue weighted by Gasteiger charge is 2.19. The lowest BCUT2D eigenvalue weighted by atomic mass is 10.2. The lowest BCUT2D eigenvalue weighted by molar-refractivity contribution is 0.0940. The van der Waals surface area contributed by atoms with Crippen LogP contribution in [0.4, 0.5) is 0 Å². The van der Waals surface area contributed by atoms with Crippen LogP contribution in [-0.4, -0.2) is 24.5 Å². The number of carbonyl (C=O) groups is 1. The number of aromatic amines is 1. The van der Waals surface area contributed by atoms with Crippen molar-refractivity contribution in [2.75, 3.05) is 0 Å². The van der Waals surface area contributed by atoms with Gasteiger partial charge in [0.05, 0.1) is 17.8 Å². The fourth-order valence-electron chi connectivity index (χ4n) is 1.62. The van der Waals surface area contributed by atoms with Crippen molar-refractivity contribution in [2.24, 2.45) is 0 Å². The number of H-pyrrole nitrogens is 1. The number of hydrogen-bond acceptors (Lipinski definition) is 5. The maximum absolute atomic E-state index is 12.0. The molecule has 9 heteroatoms. The van der Waals surface area contributed by atoms with Gasteiger partial charge >= 0.3 is 0 Å². The summed E-state index contributed by atoms with van der Waals surface area (Å²) in [6, 6.07) is 2.73. The molecule has 1 amide bonds. The molecule has 0 bridgehead atoms. The van der Waals surface area contributed by atoms with E-state index in [0.29, 0.717) is 16.1 Å². The van der Waals surface area contributed by atoms with E-state index in [9.17, 15) is 13.2 Å². The first kappa shape index (κ1) is 15.0. The first-order chi connectivity index (χ1) is 9.29. The summed E-state index contributed by atoms with van der Waals surface area (Å²) in [5.74, 6) is -0.271. The Morgan fingerprint density at radius 2 is 2.20 bits per heavy atom. The van der Waals surface area contributed by atoms with Crippen LogP contribution >= 0.6 is 22.0 Å². The maximum Gasteiger partial charge on any atom is 0.270 e. The van der Waals surface area contributed by atoms with Crippen LogP contribution in [0.2, 0.25) is 0 Å². The molecule has 0 aromatic carbocycles. The van der Waals surface area contributed by atoms with E-state index in [1.165, 1.54) is 12.3 Å². The molecule has 2 aromatic rings. The van der Waals surface area contributed by atoms with Crippen molar-refractivity contribution >= 4 is 37.0 Å². The van der Waals surface area contributed by atoms with Gasteiger partial charge in [0.25, 0.3) is 15.0 Å². The van der Waals surface area contributed by atoms with E-state index < -0.39 is 9.05 Å². The van der Waals surface area contributed by atoms with Crippen molar-refractivity contribution in [2.45, 2.75) is 24.1 Å². The Labute approximate surface area is 124 Å². The van der Waals surface area contributed by atoms with Gasteiger partial charge in [-0.25, -0.2) is 8.42 Å². The molecule has 2 rings (SSSR count). The number of halogens is 1. The largest absolute Gasteiger partial charge is 0.345 e. The van der Waals surface area contributed by atoms with Crippen LogP contribution in [0.5, 0.6) is 0 Å². The Morgan fingerprint density at radius 1 is 1.50 bits per heavy atom. The molecule has 0 fully saturated rings. The molecule has 0 aliphatic rings. The third-order valence-electron chi connectivity index (χ3n) is 2.69. The van der Waals surface area contributed by atoms with Gasteiger partial charge in [0.2, 0.25) is 0 Å². The Hall–Kier alpha value is -1.38. The van der Waals surface area contributed by atoms with E-state index in [1.54, 1.807) is 19.9 Å². The van der Waals surface area contributed by atoms with E-state index >= 15 is 0 Å². The second-order valence-corrected chi connectivity index (χ2v) is 8.11. The van der Waals surface area contributed by atoms with Crippen LogP contribution in [0.25, 0.3) is 0 Å². The van der Waals surface area contributed by atoms with Gasteiger partial charge in [0.1, 0.15) is 4.21 Å². The third-order valence-corrected chi connectivity index (χ3v) is 6.05. The summed E-state index contributed by atoms with van der Waals surface area (Å²) < 4.78 is 22.5. The number of nitrogens with one attached hydrogen (secondary N) is 2. The van der Waals surface area contributed by atoms with Crippen molar-refractivity contribution in [1.29, 1.82) is 0 Å². The molecule has 0 aliphatic carbocycles. The molecule has 0 radical (unpaired) electrons. The van der Waals surface area contributed by atoms with Gasteiger partial charge in [-0.05, 0) is 26.0 Å². The fourth-order valence-corrected chi connectivity index (χ4v) is 3.72. The van der Waals surface area contributed by atoms with Gasteiger partial charge in [0, 0.05) is 21.3 Å². The summed E-state index contributed by atoms with van der Waals surface area (Å²) in [6.07, 6.45) is 1.44. The van der Waals surface area contributed by atoms with Crippen molar-refractivity contribution in [1.82, 2.24) is 15.5 Å². The highest BCUT2D eigenvalue weighted by molar-refractivity contribution is 8.15. The van der Waals surface area contributed by atoms with Gasteiger partial charge in [0.15, 0.2) is 0 Å². The normalized spacial score (nSPS) is 13.2. The predicted octanol–water partition coefficient (Wildman–Crippen LogP) is 2.20. The predicted molar refractivity (Wildman–Crippen MR) is 76.6 cm³/mol. The van der Waals surface area contributed by atoms with Crippen LogP contribution in [0.1, 0.15) is 33.9 Å². The average molecular weight is 334 g/mol. The summed E-state index contributed by atoms with van der Waals surface area (Å²) in [7, 11) is 1.54. The highest BCUT2D eigenvalue weighted by Crippen LogP contribution is 2.28. The Kier molecular flexibility index (Phi) is 4.17. The monoisotopic (exact) mass is 333 g/mol. The van der Waals surface area contributed by atoms with Crippen LogP contribution in [0, 0.1) is 6.92 Å². The number of nitrogens with zero attached hydrogens (tertiary/aromatic N) is 1. The number of hydrogen-bond donors (Lipinski definition) is 2. The number of amides is 1. The van der Waals surface area contributed by atoms with Gasteiger partial charge in [-0.2, -0.15) is 5.10 Å². The van der Waals surface area contributed by atoms with Crippen molar-refractivity contribution in [3.63, 3.8) is 0 Å². The molecule has 0 saturated carbocycles.